The minimum atomic E-state index is -0.167. The van der Waals surface area contributed by atoms with E-state index in [9.17, 15) is 4.79 Å². The fourth-order valence-electron chi connectivity index (χ4n) is 2.83. The molecule has 0 aliphatic heterocycles. The number of carbonyl (C=O) groups is 1. The second kappa shape index (κ2) is 10.2. The van der Waals surface area contributed by atoms with Crippen LogP contribution in [0.3, 0.4) is 0 Å². The molecule has 1 amide bonds. The van der Waals surface area contributed by atoms with Crippen LogP contribution in [0.2, 0.25) is 0 Å². The molecule has 3 rings (SSSR count). The van der Waals surface area contributed by atoms with Crippen molar-refractivity contribution in [2.45, 2.75) is 19.3 Å². The molecule has 0 atom stereocenters. The van der Waals surface area contributed by atoms with Gasteiger partial charge in [0.15, 0.2) is 0 Å². The molecule has 1 aromatic carbocycles. The first-order chi connectivity index (χ1) is 13.7. The topological polar surface area (TPSA) is 71.0 Å². The number of hydrogen-bond donors (Lipinski definition) is 1. The van der Waals surface area contributed by atoms with E-state index in [1.807, 2.05) is 42.3 Å². The number of benzene rings is 1. The van der Waals surface area contributed by atoms with Gasteiger partial charge in [-0.2, -0.15) is 0 Å². The van der Waals surface area contributed by atoms with Gasteiger partial charge in [-0.1, -0.05) is 30.3 Å². The van der Waals surface area contributed by atoms with Crippen molar-refractivity contribution in [3.05, 3.63) is 83.9 Å². The van der Waals surface area contributed by atoms with E-state index in [0.717, 1.165) is 25.8 Å². The summed E-state index contributed by atoms with van der Waals surface area (Å²) in [6, 6.07) is 15.9. The number of nitrogens with zero attached hydrogens (tertiary/aromatic N) is 4. The van der Waals surface area contributed by atoms with Gasteiger partial charge in [-0.05, 0) is 48.6 Å². The molecule has 3 aromatic rings. The number of rotatable bonds is 9. The lowest BCUT2D eigenvalue weighted by Gasteiger charge is -2.17. The van der Waals surface area contributed by atoms with E-state index in [1.165, 1.54) is 11.1 Å². The van der Waals surface area contributed by atoms with Gasteiger partial charge < -0.3 is 10.2 Å². The van der Waals surface area contributed by atoms with Crippen LogP contribution in [0.5, 0.6) is 0 Å². The highest BCUT2D eigenvalue weighted by Crippen LogP contribution is 2.08. The molecule has 28 heavy (non-hydrogen) atoms. The van der Waals surface area contributed by atoms with Crippen LogP contribution in [-0.2, 0) is 12.8 Å². The molecule has 144 valence electrons. The molecule has 0 fully saturated rings. The summed E-state index contributed by atoms with van der Waals surface area (Å²) in [6.07, 6.45) is 7.89. The molecular weight excluding hydrogens is 350 g/mol. The first-order valence-electron chi connectivity index (χ1n) is 9.47. The Hall–Kier alpha value is -3.28. The van der Waals surface area contributed by atoms with Crippen LogP contribution in [0.1, 0.15) is 28.0 Å². The monoisotopic (exact) mass is 375 g/mol. The normalized spacial score (nSPS) is 10.5. The highest BCUT2D eigenvalue weighted by molar-refractivity contribution is 5.92. The zero-order chi connectivity index (χ0) is 19.6. The van der Waals surface area contributed by atoms with Gasteiger partial charge in [-0.15, -0.1) is 0 Å². The molecule has 0 radical (unpaired) electrons. The number of likely N-dealkylation sites (N-methyl/N-ethyl adjacent to an activating group) is 1. The molecule has 0 aliphatic carbocycles. The summed E-state index contributed by atoms with van der Waals surface area (Å²) in [5.74, 6) is 0.380. The quantitative estimate of drug-likeness (QED) is 0.582. The Bertz CT molecular complexity index is 870. The van der Waals surface area contributed by atoms with Crippen LogP contribution in [0.25, 0.3) is 0 Å². The molecule has 0 bridgehead atoms. The third kappa shape index (κ3) is 5.87. The van der Waals surface area contributed by atoms with E-state index in [-0.39, 0.29) is 5.91 Å². The minimum Gasteiger partial charge on any atom is -0.351 e. The Balaban J connectivity index is 1.48. The number of anilines is 1. The molecule has 0 unspecified atom stereocenters. The van der Waals surface area contributed by atoms with Gasteiger partial charge in [0.2, 0.25) is 5.95 Å². The Morgan fingerprint density at radius 2 is 1.71 bits per heavy atom. The summed E-state index contributed by atoms with van der Waals surface area (Å²) in [5.41, 5.74) is 2.87. The molecular formula is C22H25N5O. The van der Waals surface area contributed by atoms with Crippen molar-refractivity contribution in [2.24, 2.45) is 0 Å². The summed E-state index contributed by atoms with van der Waals surface area (Å²) in [6.45, 7) is 1.37. The second-order valence-electron chi connectivity index (χ2n) is 6.61. The van der Waals surface area contributed by atoms with Crippen molar-refractivity contribution in [2.75, 3.05) is 25.0 Å². The molecule has 0 saturated carbocycles. The van der Waals surface area contributed by atoms with E-state index in [1.54, 1.807) is 24.7 Å². The number of pyridine rings is 1. The van der Waals surface area contributed by atoms with Crippen molar-refractivity contribution >= 4 is 11.9 Å². The van der Waals surface area contributed by atoms with Gasteiger partial charge in [-0.3, -0.25) is 9.78 Å². The number of aromatic nitrogens is 3. The van der Waals surface area contributed by atoms with E-state index < -0.39 is 0 Å². The van der Waals surface area contributed by atoms with Gasteiger partial charge in [0.1, 0.15) is 5.69 Å². The highest BCUT2D eigenvalue weighted by Gasteiger charge is 2.11. The smallest absolute Gasteiger partial charge is 0.270 e. The van der Waals surface area contributed by atoms with Crippen LogP contribution < -0.4 is 10.2 Å². The highest BCUT2D eigenvalue weighted by atomic mass is 16.1. The second-order valence-corrected chi connectivity index (χ2v) is 6.61. The number of nitrogens with one attached hydrogen (secondary N) is 1. The van der Waals surface area contributed by atoms with Crippen molar-refractivity contribution in [1.82, 2.24) is 20.3 Å². The zero-order valence-electron chi connectivity index (χ0n) is 16.1. The molecule has 6 nitrogen and oxygen atoms in total. The third-order valence-corrected chi connectivity index (χ3v) is 4.47. The lowest BCUT2D eigenvalue weighted by atomic mass is 10.1. The minimum absolute atomic E-state index is 0.167. The fraction of sp³-hybridized carbons (Fsp3) is 0.273. The first-order valence-corrected chi connectivity index (χ1v) is 9.47. The van der Waals surface area contributed by atoms with Gasteiger partial charge in [0.25, 0.3) is 5.91 Å². The maximum atomic E-state index is 12.4. The predicted molar refractivity (Wildman–Crippen MR) is 110 cm³/mol. The van der Waals surface area contributed by atoms with Crippen LogP contribution in [0.15, 0.2) is 67.1 Å². The van der Waals surface area contributed by atoms with Gasteiger partial charge in [-0.25, -0.2) is 9.97 Å². The fourth-order valence-corrected chi connectivity index (χ4v) is 2.83. The predicted octanol–water partition coefficient (Wildman–Crippen LogP) is 2.91. The summed E-state index contributed by atoms with van der Waals surface area (Å²) in [4.78, 5) is 27.1. The van der Waals surface area contributed by atoms with E-state index in [0.29, 0.717) is 18.2 Å². The SMILES string of the molecule is CN(CCc1ccncc1)c1nccc(C(=O)NCCCc2ccccc2)n1. The molecule has 0 aliphatic rings. The average molecular weight is 375 g/mol. The molecule has 2 heterocycles. The Labute approximate surface area is 165 Å². The van der Waals surface area contributed by atoms with E-state index in [2.05, 4.69) is 32.4 Å². The van der Waals surface area contributed by atoms with Crippen molar-refractivity contribution in [3.63, 3.8) is 0 Å². The molecule has 0 saturated heterocycles. The third-order valence-electron chi connectivity index (χ3n) is 4.47. The van der Waals surface area contributed by atoms with Crippen molar-refractivity contribution < 1.29 is 4.79 Å². The molecule has 0 spiro atoms. The van der Waals surface area contributed by atoms with E-state index >= 15 is 0 Å². The molecule has 6 heteroatoms. The summed E-state index contributed by atoms with van der Waals surface area (Å²) >= 11 is 0. The van der Waals surface area contributed by atoms with E-state index in [4.69, 9.17) is 0 Å². The maximum Gasteiger partial charge on any atom is 0.270 e. The van der Waals surface area contributed by atoms with Crippen molar-refractivity contribution in [1.29, 1.82) is 0 Å². The Kier molecular flexibility index (Phi) is 7.07. The standard InChI is InChI=1S/C22H25N5O/c1-27(17-12-19-9-14-23-15-10-19)22-25-16-11-20(26-22)21(28)24-13-5-8-18-6-3-2-4-7-18/h2-4,6-7,9-11,14-16H,5,8,12-13,17H2,1H3,(H,24,28). The Morgan fingerprint density at radius 3 is 2.50 bits per heavy atom. The molecule has 1 N–H and O–H groups in total. The van der Waals surface area contributed by atoms with Crippen LogP contribution in [0, 0.1) is 0 Å². The lowest BCUT2D eigenvalue weighted by Crippen LogP contribution is -2.28. The van der Waals surface area contributed by atoms with Gasteiger partial charge in [0, 0.05) is 38.7 Å². The summed E-state index contributed by atoms with van der Waals surface area (Å²) in [5, 5.41) is 2.94. The van der Waals surface area contributed by atoms with Gasteiger partial charge >= 0.3 is 0 Å². The van der Waals surface area contributed by atoms with Crippen LogP contribution >= 0.6 is 0 Å². The average Bonchev–Trinajstić information content (AvgIpc) is 2.76. The van der Waals surface area contributed by atoms with Crippen LogP contribution in [0.4, 0.5) is 5.95 Å². The number of aryl methyl sites for hydroxylation is 1. The first kappa shape index (κ1) is 19.5. The Morgan fingerprint density at radius 1 is 0.964 bits per heavy atom. The van der Waals surface area contributed by atoms with Gasteiger partial charge in [0.05, 0.1) is 0 Å². The summed E-state index contributed by atoms with van der Waals surface area (Å²) in [7, 11) is 1.93. The zero-order valence-corrected chi connectivity index (χ0v) is 16.1. The summed E-state index contributed by atoms with van der Waals surface area (Å²) < 4.78 is 0. The number of carbonyl (C=O) groups excluding carboxylic acids is 1. The van der Waals surface area contributed by atoms with Crippen molar-refractivity contribution in [3.8, 4) is 0 Å². The molecule has 2 aromatic heterocycles. The van der Waals surface area contributed by atoms with Crippen LogP contribution in [-0.4, -0.2) is 41.0 Å². The lowest BCUT2D eigenvalue weighted by molar-refractivity contribution is 0.0948. The number of amides is 1. The maximum absolute atomic E-state index is 12.4. The number of hydrogen-bond acceptors (Lipinski definition) is 5. The largest absolute Gasteiger partial charge is 0.351 e.